The summed E-state index contributed by atoms with van der Waals surface area (Å²) in [7, 11) is 8.71. The zero-order chi connectivity index (χ0) is 43.7. The van der Waals surface area contributed by atoms with Gasteiger partial charge < -0.3 is 38.7 Å². The van der Waals surface area contributed by atoms with Crippen LogP contribution in [0.25, 0.3) is 32.7 Å². The second-order valence-corrected chi connectivity index (χ2v) is 17.3. The highest BCUT2D eigenvalue weighted by atomic mass is 32.0. The number of amides is 2. The maximum absolute atomic E-state index is 13.6. The third kappa shape index (κ3) is 9.96. The lowest BCUT2D eigenvalue weighted by molar-refractivity contribution is 0.0214. The van der Waals surface area contributed by atoms with E-state index in [4.69, 9.17) is 9.47 Å². The predicted octanol–water partition coefficient (Wildman–Crippen LogP) is 9.83. The Bertz CT molecular complexity index is 2530. The number of benzene rings is 3. The number of ether oxygens (including phenoxy) is 2. The predicted molar refractivity (Wildman–Crippen MR) is 240 cm³/mol. The summed E-state index contributed by atoms with van der Waals surface area (Å²) in [6.45, 7) is 15.1. The van der Waals surface area contributed by atoms with Crippen LogP contribution in [-0.2, 0) is 62.5 Å². The first-order valence-electron chi connectivity index (χ1n) is 20.2. The van der Waals surface area contributed by atoms with Crippen LogP contribution in [0, 0.1) is 17.5 Å². The molecule has 15 heteroatoms. The van der Waals surface area contributed by atoms with Gasteiger partial charge in [-0.3, -0.25) is 0 Å². The molecular formula is C45H57F3N6O4P2. The number of hydrogen-bond acceptors (Lipinski definition) is 5. The van der Waals surface area contributed by atoms with Crippen LogP contribution in [-0.4, -0.2) is 66.9 Å². The molecule has 0 bridgehead atoms. The Labute approximate surface area is 354 Å². The number of H-pyrrole nitrogens is 1. The summed E-state index contributed by atoms with van der Waals surface area (Å²) in [5.41, 5.74) is 8.88. The van der Waals surface area contributed by atoms with Crippen LogP contribution >= 0.6 is 17.9 Å². The van der Waals surface area contributed by atoms with Crippen molar-refractivity contribution in [1.29, 1.82) is 0 Å². The van der Waals surface area contributed by atoms with E-state index in [1.807, 2.05) is 54.7 Å². The average Bonchev–Trinajstić information content (AvgIpc) is 3.80. The van der Waals surface area contributed by atoms with E-state index in [1.165, 1.54) is 41.2 Å². The quantitative estimate of drug-likeness (QED) is 0.148. The van der Waals surface area contributed by atoms with Gasteiger partial charge in [-0.05, 0) is 102 Å². The Morgan fingerprint density at radius 1 is 0.633 bits per heavy atom. The van der Waals surface area contributed by atoms with Crippen LogP contribution in [0.5, 0.6) is 0 Å². The second-order valence-electron chi connectivity index (χ2n) is 17.3. The van der Waals surface area contributed by atoms with Gasteiger partial charge in [-0.2, -0.15) is 0 Å². The van der Waals surface area contributed by atoms with Crippen LogP contribution < -0.4 is 5.32 Å². The van der Waals surface area contributed by atoms with E-state index in [0.717, 1.165) is 81.9 Å². The normalized spacial score (nSPS) is 14.8. The van der Waals surface area contributed by atoms with Gasteiger partial charge in [0.2, 0.25) is 0 Å². The Hall–Kier alpha value is -4.57. The van der Waals surface area contributed by atoms with Gasteiger partial charge in [0, 0.05) is 120 Å². The molecule has 0 radical (unpaired) electrons. The minimum Gasteiger partial charge on any atom is -0.444 e. The van der Waals surface area contributed by atoms with E-state index in [1.54, 1.807) is 34.1 Å². The summed E-state index contributed by atoms with van der Waals surface area (Å²) in [4.78, 5) is 31.1. The molecule has 2 atom stereocenters. The zero-order valence-electron chi connectivity index (χ0n) is 35.8. The summed E-state index contributed by atoms with van der Waals surface area (Å²) in [6, 6.07) is 14.5. The molecule has 0 saturated heterocycles. The number of aryl methyl sites for hydroxylation is 2. The highest BCUT2D eigenvalue weighted by molar-refractivity contribution is 7.92. The largest absolute Gasteiger partial charge is 0.444 e. The number of nitrogens with one attached hydrogen (secondary N) is 2. The van der Waals surface area contributed by atoms with Crippen molar-refractivity contribution in [2.45, 2.75) is 91.6 Å². The Morgan fingerprint density at radius 3 is 1.65 bits per heavy atom. The minimum atomic E-state index is -0.512. The lowest BCUT2D eigenvalue weighted by Gasteiger charge is -2.30. The number of hydrogen-bond donors (Lipinski definition) is 2. The molecule has 2 N–H and O–H groups in total. The highest BCUT2D eigenvalue weighted by Gasteiger charge is 2.30. The van der Waals surface area contributed by atoms with E-state index in [2.05, 4.69) is 44.3 Å². The van der Waals surface area contributed by atoms with Crippen LogP contribution in [0.15, 0.2) is 54.6 Å². The summed E-state index contributed by atoms with van der Waals surface area (Å²) in [5.74, 6) is -0.671. The first kappa shape index (κ1) is 45.0. The smallest absolute Gasteiger partial charge is 0.410 e. The van der Waals surface area contributed by atoms with Gasteiger partial charge in [0.05, 0.1) is 13.1 Å². The molecular weight excluding hydrogens is 807 g/mol. The number of nitrogens with zero attached hydrogens (tertiary/aromatic N) is 4. The van der Waals surface area contributed by atoms with Gasteiger partial charge in [0.1, 0.15) is 28.7 Å². The fourth-order valence-electron chi connectivity index (χ4n) is 8.18. The van der Waals surface area contributed by atoms with Crippen molar-refractivity contribution in [3.8, 4) is 0 Å². The number of aromatic amines is 1. The third-order valence-electron chi connectivity index (χ3n) is 10.8. The van der Waals surface area contributed by atoms with Gasteiger partial charge in [-0.25, -0.2) is 22.8 Å². The molecule has 3 aromatic carbocycles. The third-order valence-corrected chi connectivity index (χ3v) is 10.8. The Morgan fingerprint density at radius 2 is 1.10 bits per heavy atom. The van der Waals surface area contributed by atoms with Crippen molar-refractivity contribution >= 4 is 62.8 Å². The van der Waals surface area contributed by atoms with E-state index in [0.29, 0.717) is 26.2 Å². The molecule has 322 valence electrons. The molecule has 2 unspecified atom stereocenters. The minimum absolute atomic E-state index is 0.151. The van der Waals surface area contributed by atoms with E-state index >= 15 is 0 Å². The van der Waals surface area contributed by atoms with Gasteiger partial charge in [-0.1, -0.05) is 0 Å². The van der Waals surface area contributed by atoms with Gasteiger partial charge in [-0.15, -0.1) is 17.9 Å². The van der Waals surface area contributed by atoms with E-state index < -0.39 is 11.2 Å². The zero-order valence-corrected chi connectivity index (χ0v) is 38.1. The number of aromatic nitrogens is 3. The maximum atomic E-state index is 13.6. The van der Waals surface area contributed by atoms with Crippen molar-refractivity contribution in [3.05, 3.63) is 106 Å². The molecule has 0 spiro atoms. The van der Waals surface area contributed by atoms with Crippen molar-refractivity contribution in [2.75, 3.05) is 19.6 Å². The van der Waals surface area contributed by atoms with Crippen LogP contribution in [0.1, 0.15) is 75.3 Å². The molecule has 3 aliphatic rings. The molecule has 2 amide bonds. The standard InChI is InChI=1S/C17H21FN2O2.C16H19FN2O2.C12H13FN2.H4P2/c1-17(2,3)22-16(21)20-8-7-15-13(10-20)12-9-11(18)5-6-14(12)19(15)4;1-16(2,3)21-15(20)19-7-6-14-12(9-19)11-8-10(17)4-5-13(11)18-14;1-15-11-3-2-8(13)6-9(11)10-7-14-5-4-12(10)15;1-2/h5-6,9H,7-8,10H2,1-4H3;4-5,8,18H,6-7,9H2,1-3H3;2-3,6,14H,4-5,7H2,1H3;1-2H2. The molecule has 0 saturated carbocycles. The SMILES string of the molecule is CC(C)(C)OC(=O)N1CCc2[nH]c3ccc(F)cc3c2C1.Cn1c2c(c3cc(F)ccc31)CN(C(=O)OC(C)(C)C)CC2.Cn1c2c(c3cc(F)ccc31)CNCC2.PP. The summed E-state index contributed by atoms with van der Waals surface area (Å²) in [5, 5.41) is 6.11. The summed E-state index contributed by atoms with van der Waals surface area (Å²) in [6.07, 6.45) is 1.87. The summed E-state index contributed by atoms with van der Waals surface area (Å²) >= 11 is 0. The average molecular weight is 865 g/mol. The fourth-order valence-corrected chi connectivity index (χ4v) is 8.18. The number of fused-ring (bicyclic) bond motifs is 9. The van der Waals surface area contributed by atoms with Gasteiger partial charge in [0.15, 0.2) is 0 Å². The number of carbonyl (C=O) groups excluding carboxylic acids is 2. The van der Waals surface area contributed by atoms with Crippen molar-refractivity contribution in [1.82, 2.24) is 29.2 Å². The molecule has 10 nitrogen and oxygen atoms in total. The molecule has 3 aliphatic heterocycles. The molecule has 6 heterocycles. The number of halogens is 3. The fraction of sp³-hybridized carbons (Fsp3) is 0.422. The van der Waals surface area contributed by atoms with Gasteiger partial charge >= 0.3 is 12.2 Å². The van der Waals surface area contributed by atoms with Crippen LogP contribution in [0.4, 0.5) is 22.8 Å². The summed E-state index contributed by atoms with van der Waals surface area (Å²) < 4.78 is 55.3. The Kier molecular flexibility index (Phi) is 13.6. The topological polar surface area (TPSA) is 96.8 Å². The Balaban J connectivity index is 0.000000150. The van der Waals surface area contributed by atoms with Crippen LogP contribution in [0.2, 0.25) is 0 Å². The monoisotopic (exact) mass is 864 g/mol. The first-order valence-corrected chi connectivity index (χ1v) is 22.8. The molecule has 6 aromatic rings. The second kappa shape index (κ2) is 18.2. The highest BCUT2D eigenvalue weighted by Crippen LogP contribution is 2.32. The van der Waals surface area contributed by atoms with Crippen LogP contribution in [0.3, 0.4) is 0 Å². The van der Waals surface area contributed by atoms with E-state index in [-0.39, 0.29) is 29.6 Å². The maximum Gasteiger partial charge on any atom is 0.410 e. The lowest BCUT2D eigenvalue weighted by Crippen LogP contribution is -2.40. The first-order chi connectivity index (χ1) is 28.4. The molecule has 0 aliphatic carbocycles. The van der Waals surface area contributed by atoms with Crippen molar-refractivity contribution in [2.24, 2.45) is 14.1 Å². The van der Waals surface area contributed by atoms with Gasteiger partial charge in [0.25, 0.3) is 0 Å². The molecule has 60 heavy (non-hydrogen) atoms. The molecule has 9 rings (SSSR count). The molecule has 3 aromatic heterocycles. The van der Waals surface area contributed by atoms with Crippen molar-refractivity contribution < 1.29 is 32.2 Å². The number of carbonyl (C=O) groups is 2. The van der Waals surface area contributed by atoms with Crippen molar-refractivity contribution in [3.63, 3.8) is 0 Å². The number of rotatable bonds is 0. The van der Waals surface area contributed by atoms with E-state index in [9.17, 15) is 22.8 Å². The lowest BCUT2D eigenvalue weighted by atomic mass is 10.0. The molecule has 0 fully saturated rings.